The van der Waals surface area contributed by atoms with Crippen molar-refractivity contribution in [2.24, 2.45) is 0 Å². The summed E-state index contributed by atoms with van der Waals surface area (Å²) in [5.74, 6) is 1.02. The highest BCUT2D eigenvalue weighted by atomic mass is 19.1. The summed E-state index contributed by atoms with van der Waals surface area (Å²) in [6.07, 6.45) is 8.85. The molecule has 0 amide bonds. The average Bonchev–Trinajstić information content (AvgIpc) is 3.03. The summed E-state index contributed by atoms with van der Waals surface area (Å²) in [5, 5.41) is 0. The highest BCUT2D eigenvalue weighted by Crippen LogP contribution is 2.19. The highest BCUT2D eigenvalue weighted by molar-refractivity contribution is 5.62. The van der Waals surface area contributed by atoms with Gasteiger partial charge in [0.25, 0.3) is 0 Å². The molecule has 0 aliphatic heterocycles. The first-order valence-corrected chi connectivity index (χ1v) is 7.40. The minimum Gasteiger partial charge on any atom is -0.486 e. The van der Waals surface area contributed by atoms with Crippen LogP contribution in [-0.4, -0.2) is 19.4 Å². The van der Waals surface area contributed by atoms with Gasteiger partial charge in [-0.3, -0.25) is 9.38 Å². The number of rotatable bonds is 4. The second-order valence-electron chi connectivity index (χ2n) is 5.27. The molecular weight excluding hydrogens is 307 g/mol. The van der Waals surface area contributed by atoms with E-state index in [4.69, 9.17) is 4.74 Å². The van der Waals surface area contributed by atoms with Crippen molar-refractivity contribution < 1.29 is 9.13 Å². The van der Waals surface area contributed by atoms with Gasteiger partial charge in [0, 0.05) is 30.4 Å². The first kappa shape index (κ1) is 14.3. The number of pyridine rings is 1. The van der Waals surface area contributed by atoms with Gasteiger partial charge in [-0.05, 0) is 29.8 Å². The van der Waals surface area contributed by atoms with Gasteiger partial charge in [-0.25, -0.2) is 14.4 Å². The second-order valence-corrected chi connectivity index (χ2v) is 5.27. The van der Waals surface area contributed by atoms with E-state index in [9.17, 15) is 4.39 Å². The Morgan fingerprint density at radius 3 is 2.67 bits per heavy atom. The van der Waals surface area contributed by atoms with Gasteiger partial charge in [0.1, 0.15) is 18.2 Å². The maximum absolute atomic E-state index is 13.0. The molecule has 0 aliphatic carbocycles. The molecule has 6 heteroatoms. The summed E-state index contributed by atoms with van der Waals surface area (Å²) in [5.41, 5.74) is 2.55. The second kappa shape index (κ2) is 6.08. The van der Waals surface area contributed by atoms with E-state index < -0.39 is 0 Å². The van der Waals surface area contributed by atoms with Crippen molar-refractivity contribution in [3.05, 3.63) is 78.9 Å². The minimum atomic E-state index is -0.259. The molecule has 0 unspecified atom stereocenters. The van der Waals surface area contributed by atoms with Crippen LogP contribution >= 0.6 is 0 Å². The van der Waals surface area contributed by atoms with Crippen molar-refractivity contribution in [2.75, 3.05) is 0 Å². The molecule has 0 fully saturated rings. The summed E-state index contributed by atoms with van der Waals surface area (Å²) in [4.78, 5) is 12.8. The third kappa shape index (κ3) is 2.94. The van der Waals surface area contributed by atoms with Crippen molar-refractivity contribution in [2.45, 2.75) is 6.61 Å². The zero-order valence-electron chi connectivity index (χ0n) is 12.6. The van der Waals surface area contributed by atoms with E-state index in [1.54, 1.807) is 30.7 Å². The van der Waals surface area contributed by atoms with E-state index in [-0.39, 0.29) is 5.82 Å². The first-order chi connectivity index (χ1) is 11.8. The molecule has 118 valence electrons. The van der Waals surface area contributed by atoms with Crippen molar-refractivity contribution in [3.8, 4) is 16.9 Å². The fourth-order valence-electron chi connectivity index (χ4n) is 2.39. The van der Waals surface area contributed by atoms with Gasteiger partial charge in [0.2, 0.25) is 5.78 Å². The Morgan fingerprint density at radius 1 is 1.00 bits per heavy atom. The van der Waals surface area contributed by atoms with Crippen molar-refractivity contribution >= 4 is 5.78 Å². The zero-order valence-corrected chi connectivity index (χ0v) is 12.6. The number of hydrogen-bond donors (Lipinski definition) is 0. The minimum absolute atomic E-state index is 0.259. The maximum Gasteiger partial charge on any atom is 0.234 e. The standard InChI is InChI=1S/C18H13FN4O/c19-15-5-3-13(4-6-15)14-8-21-18-22-16(11-23(18)10-14)12-24-17-2-1-7-20-9-17/h1-11H,12H2. The van der Waals surface area contributed by atoms with Gasteiger partial charge in [0.05, 0.1) is 11.9 Å². The number of nitrogens with zero attached hydrogens (tertiary/aromatic N) is 4. The van der Waals surface area contributed by atoms with E-state index in [0.717, 1.165) is 16.8 Å². The van der Waals surface area contributed by atoms with Crippen LogP contribution in [0.5, 0.6) is 5.75 Å². The number of hydrogen-bond acceptors (Lipinski definition) is 4. The number of halogens is 1. The molecule has 0 saturated carbocycles. The highest BCUT2D eigenvalue weighted by Gasteiger charge is 2.06. The fourth-order valence-corrected chi connectivity index (χ4v) is 2.39. The SMILES string of the molecule is Fc1ccc(-c2cnc3nc(COc4cccnc4)cn3c2)cc1. The summed E-state index contributed by atoms with van der Waals surface area (Å²) >= 11 is 0. The quantitative estimate of drug-likeness (QED) is 0.577. The lowest BCUT2D eigenvalue weighted by atomic mass is 10.1. The van der Waals surface area contributed by atoms with Crippen LogP contribution in [0.2, 0.25) is 0 Å². The van der Waals surface area contributed by atoms with E-state index in [1.165, 1.54) is 12.1 Å². The van der Waals surface area contributed by atoms with Crippen LogP contribution in [-0.2, 0) is 6.61 Å². The molecule has 0 radical (unpaired) electrons. The van der Waals surface area contributed by atoms with Gasteiger partial charge in [-0.1, -0.05) is 12.1 Å². The maximum atomic E-state index is 13.0. The van der Waals surface area contributed by atoms with Crippen LogP contribution in [0.4, 0.5) is 4.39 Å². The third-order valence-electron chi connectivity index (χ3n) is 3.56. The molecule has 0 N–H and O–H groups in total. The molecular formula is C18H13FN4O. The van der Waals surface area contributed by atoms with E-state index in [2.05, 4.69) is 15.0 Å². The molecule has 4 aromatic rings. The number of benzene rings is 1. The molecule has 0 atom stereocenters. The smallest absolute Gasteiger partial charge is 0.234 e. The van der Waals surface area contributed by atoms with Crippen molar-refractivity contribution in [1.29, 1.82) is 0 Å². The average molecular weight is 320 g/mol. The lowest BCUT2D eigenvalue weighted by molar-refractivity contribution is 0.301. The molecule has 1 aromatic carbocycles. The van der Waals surface area contributed by atoms with Gasteiger partial charge in [-0.15, -0.1) is 0 Å². The predicted molar refractivity (Wildman–Crippen MR) is 87.0 cm³/mol. The Balaban J connectivity index is 1.58. The molecule has 3 aromatic heterocycles. The first-order valence-electron chi connectivity index (χ1n) is 7.40. The summed E-state index contributed by atoms with van der Waals surface area (Å²) < 4.78 is 20.5. The Hall–Kier alpha value is -3.28. The summed E-state index contributed by atoms with van der Waals surface area (Å²) in [6, 6.07) is 9.97. The summed E-state index contributed by atoms with van der Waals surface area (Å²) in [7, 11) is 0. The molecule has 0 bridgehead atoms. The van der Waals surface area contributed by atoms with Gasteiger partial charge in [0.15, 0.2) is 0 Å². The number of aromatic nitrogens is 4. The molecule has 3 heterocycles. The van der Waals surface area contributed by atoms with Gasteiger partial charge < -0.3 is 4.74 Å². The van der Waals surface area contributed by atoms with Crippen molar-refractivity contribution in [1.82, 2.24) is 19.4 Å². The Kier molecular flexibility index (Phi) is 3.63. The lowest BCUT2D eigenvalue weighted by Gasteiger charge is -2.02. The molecule has 4 rings (SSSR count). The molecule has 0 aliphatic rings. The van der Waals surface area contributed by atoms with Gasteiger partial charge in [-0.2, -0.15) is 0 Å². The number of imidazole rings is 1. The van der Waals surface area contributed by atoms with Crippen LogP contribution in [0, 0.1) is 5.82 Å². The van der Waals surface area contributed by atoms with Crippen LogP contribution in [0.1, 0.15) is 5.69 Å². The van der Waals surface area contributed by atoms with Crippen LogP contribution in [0.15, 0.2) is 67.4 Å². The molecule has 24 heavy (non-hydrogen) atoms. The summed E-state index contributed by atoms with van der Waals surface area (Å²) in [6.45, 7) is 0.334. The third-order valence-corrected chi connectivity index (χ3v) is 3.56. The molecule has 5 nitrogen and oxygen atoms in total. The Labute approximate surface area is 137 Å². The van der Waals surface area contributed by atoms with E-state index >= 15 is 0 Å². The van der Waals surface area contributed by atoms with E-state index in [0.29, 0.717) is 18.1 Å². The fraction of sp³-hybridized carbons (Fsp3) is 0.0556. The molecule has 0 spiro atoms. The van der Waals surface area contributed by atoms with E-state index in [1.807, 2.05) is 28.9 Å². The van der Waals surface area contributed by atoms with Crippen LogP contribution < -0.4 is 4.74 Å². The normalized spacial score (nSPS) is 10.9. The number of fused-ring (bicyclic) bond motifs is 1. The monoisotopic (exact) mass is 320 g/mol. The topological polar surface area (TPSA) is 52.3 Å². The predicted octanol–water partition coefficient (Wildman–Crippen LogP) is 3.51. The zero-order chi connectivity index (χ0) is 16.4. The van der Waals surface area contributed by atoms with Gasteiger partial charge >= 0.3 is 0 Å². The molecule has 0 saturated heterocycles. The Bertz CT molecular complexity index is 967. The number of ether oxygens (including phenoxy) is 1. The lowest BCUT2D eigenvalue weighted by Crippen LogP contribution is -1.95. The van der Waals surface area contributed by atoms with Crippen LogP contribution in [0.3, 0.4) is 0 Å². The van der Waals surface area contributed by atoms with Crippen LogP contribution in [0.25, 0.3) is 16.9 Å². The largest absolute Gasteiger partial charge is 0.486 e. The Morgan fingerprint density at radius 2 is 1.88 bits per heavy atom. The van der Waals surface area contributed by atoms with Crippen molar-refractivity contribution in [3.63, 3.8) is 0 Å².